The topological polar surface area (TPSA) is 92.2 Å². The molecule has 3 aromatic rings. The van der Waals surface area contributed by atoms with Crippen molar-refractivity contribution in [2.45, 2.75) is 25.3 Å². The predicted octanol–water partition coefficient (Wildman–Crippen LogP) is 5.21. The van der Waals surface area contributed by atoms with Crippen LogP contribution in [-0.4, -0.2) is 40.0 Å². The van der Waals surface area contributed by atoms with E-state index in [-0.39, 0.29) is 6.04 Å². The smallest absolute Gasteiger partial charge is 0.407 e. The van der Waals surface area contributed by atoms with Crippen molar-refractivity contribution in [3.63, 3.8) is 0 Å². The second kappa shape index (κ2) is 7.52. The van der Waals surface area contributed by atoms with Crippen molar-refractivity contribution in [1.82, 2.24) is 9.88 Å². The number of carbonyl (C=O) groups is 1. The Balaban J connectivity index is 1.52. The molecule has 7 heteroatoms. The van der Waals surface area contributed by atoms with Gasteiger partial charge in [-0.25, -0.2) is 4.79 Å². The summed E-state index contributed by atoms with van der Waals surface area (Å²) in [4.78, 5) is 16.8. The average molecular weight is 395 g/mol. The Kier molecular flexibility index (Phi) is 4.92. The molecule has 0 fully saturated rings. The van der Waals surface area contributed by atoms with Gasteiger partial charge < -0.3 is 20.3 Å². The van der Waals surface area contributed by atoms with Crippen LogP contribution in [0.1, 0.15) is 29.7 Å². The van der Waals surface area contributed by atoms with Crippen molar-refractivity contribution in [2.24, 2.45) is 0 Å². The number of nitrogens with zero attached hydrogens (tertiary/aromatic N) is 1. The molecule has 0 saturated carbocycles. The molecule has 0 saturated heterocycles. The molecule has 1 aliphatic rings. The second-order valence-electron chi connectivity index (χ2n) is 6.99. The number of amides is 1. The molecule has 4 N–H and O–H groups in total. The predicted molar refractivity (Wildman–Crippen MR) is 114 cm³/mol. The fourth-order valence-electron chi connectivity index (χ4n) is 3.67. The quantitative estimate of drug-likeness (QED) is 0.361. The maximum Gasteiger partial charge on any atom is 0.407 e. The number of hydrogen-bond acceptors (Lipinski definition) is 3. The van der Waals surface area contributed by atoms with E-state index in [9.17, 15) is 4.79 Å². The van der Waals surface area contributed by atoms with Crippen molar-refractivity contribution in [3.8, 4) is 0 Å². The van der Waals surface area contributed by atoms with Gasteiger partial charge in [0.15, 0.2) is 0 Å². The first-order chi connectivity index (χ1) is 13.5. The van der Waals surface area contributed by atoms with Gasteiger partial charge in [-0.05, 0) is 48.4 Å². The minimum atomic E-state index is -0.873. The number of anilines is 1. The lowest BCUT2D eigenvalue weighted by Crippen LogP contribution is -2.36. The summed E-state index contributed by atoms with van der Waals surface area (Å²) >= 11 is 1.54. The van der Waals surface area contributed by atoms with Crippen LogP contribution in [0.25, 0.3) is 16.5 Å². The van der Waals surface area contributed by atoms with Gasteiger partial charge in [0.2, 0.25) is 0 Å². The number of benzene rings is 1. The monoisotopic (exact) mass is 394 g/mol. The number of fused-ring (bicyclic) bond motifs is 1. The van der Waals surface area contributed by atoms with Gasteiger partial charge in [-0.15, -0.1) is 11.3 Å². The molecule has 6 nitrogen and oxygen atoms in total. The molecule has 1 aliphatic carbocycles. The van der Waals surface area contributed by atoms with Crippen LogP contribution < -0.4 is 5.32 Å². The number of aromatic nitrogens is 1. The lowest BCUT2D eigenvalue weighted by molar-refractivity contribution is 0.136. The Hall–Kier alpha value is -3.06. The summed E-state index contributed by atoms with van der Waals surface area (Å²) in [6.45, 7) is 0. The summed E-state index contributed by atoms with van der Waals surface area (Å²) in [5.74, 6) is 0.393. The van der Waals surface area contributed by atoms with Crippen LogP contribution in [0.5, 0.6) is 0 Å². The fourth-order valence-corrected chi connectivity index (χ4v) is 4.30. The van der Waals surface area contributed by atoms with Gasteiger partial charge in [-0.2, -0.15) is 0 Å². The molecule has 1 unspecified atom stereocenters. The van der Waals surface area contributed by atoms with E-state index in [4.69, 9.17) is 10.5 Å². The van der Waals surface area contributed by atoms with Gasteiger partial charge in [-0.3, -0.25) is 5.41 Å². The number of thiophene rings is 1. The van der Waals surface area contributed by atoms with E-state index in [1.165, 1.54) is 27.4 Å². The Bertz CT molecular complexity index is 1050. The Morgan fingerprint density at radius 3 is 2.93 bits per heavy atom. The number of hydrogen-bond donors (Lipinski definition) is 4. The molecule has 0 aliphatic heterocycles. The van der Waals surface area contributed by atoms with Crippen LogP contribution in [-0.2, 0) is 0 Å². The highest BCUT2D eigenvalue weighted by Crippen LogP contribution is 2.34. The van der Waals surface area contributed by atoms with Crippen LogP contribution in [0.2, 0.25) is 0 Å². The summed E-state index contributed by atoms with van der Waals surface area (Å²) in [6, 6.07) is 9.99. The average Bonchev–Trinajstić information content (AvgIpc) is 3.37. The Morgan fingerprint density at radius 2 is 2.25 bits per heavy atom. The Labute approximate surface area is 167 Å². The van der Waals surface area contributed by atoms with Gasteiger partial charge >= 0.3 is 6.09 Å². The zero-order valence-corrected chi connectivity index (χ0v) is 16.3. The summed E-state index contributed by atoms with van der Waals surface area (Å²) in [7, 11) is 1.64. The summed E-state index contributed by atoms with van der Waals surface area (Å²) < 4.78 is 0. The highest BCUT2D eigenvalue weighted by molar-refractivity contribution is 7.12. The van der Waals surface area contributed by atoms with E-state index in [0.717, 1.165) is 40.7 Å². The summed E-state index contributed by atoms with van der Waals surface area (Å²) in [6.07, 6.45) is 5.74. The third kappa shape index (κ3) is 3.53. The highest BCUT2D eigenvalue weighted by atomic mass is 32.1. The molecular weight excluding hydrogens is 372 g/mol. The third-order valence-corrected chi connectivity index (χ3v) is 6.18. The normalized spacial score (nSPS) is 16.6. The standard InChI is InChI=1S/C21H22N4O2S/c1-25(21(26)27)15-7-4-13(5-8-15)17-12-23-18-11-14(6-9-16(17)18)24-20(22)19-3-2-10-28-19/h2-4,6,9-12,15,23H,5,7-8H2,1H3,(H2,22,24)(H,26,27). The minimum Gasteiger partial charge on any atom is -0.465 e. The van der Waals surface area contributed by atoms with Crippen LogP contribution in [0.15, 0.2) is 48.0 Å². The molecule has 28 heavy (non-hydrogen) atoms. The lowest BCUT2D eigenvalue weighted by atomic mass is 9.90. The van der Waals surface area contributed by atoms with E-state index < -0.39 is 6.09 Å². The van der Waals surface area contributed by atoms with E-state index in [2.05, 4.69) is 22.4 Å². The minimum absolute atomic E-state index is 0.0468. The number of nitrogens with one attached hydrogen (secondary N) is 3. The molecule has 1 atom stereocenters. The van der Waals surface area contributed by atoms with Crippen molar-refractivity contribution < 1.29 is 9.90 Å². The third-order valence-electron chi connectivity index (χ3n) is 5.30. The van der Waals surface area contributed by atoms with E-state index in [1.54, 1.807) is 7.05 Å². The van der Waals surface area contributed by atoms with Crippen LogP contribution >= 0.6 is 11.3 Å². The van der Waals surface area contributed by atoms with Crippen molar-refractivity contribution in [2.75, 3.05) is 12.4 Å². The Morgan fingerprint density at radius 1 is 1.39 bits per heavy atom. The molecule has 2 aromatic heterocycles. The van der Waals surface area contributed by atoms with E-state index >= 15 is 0 Å². The van der Waals surface area contributed by atoms with Crippen molar-refractivity contribution >= 4 is 45.4 Å². The maximum atomic E-state index is 11.1. The lowest BCUT2D eigenvalue weighted by Gasteiger charge is -2.28. The number of H-pyrrole nitrogens is 1. The first-order valence-electron chi connectivity index (χ1n) is 9.18. The van der Waals surface area contributed by atoms with Gasteiger partial charge in [0, 0.05) is 41.4 Å². The number of allylic oxidation sites excluding steroid dienone is 1. The molecule has 0 bridgehead atoms. The van der Waals surface area contributed by atoms with Crippen LogP contribution in [0, 0.1) is 5.41 Å². The van der Waals surface area contributed by atoms with E-state index in [0.29, 0.717) is 5.84 Å². The molecule has 0 spiro atoms. The zero-order valence-electron chi connectivity index (χ0n) is 15.5. The van der Waals surface area contributed by atoms with Crippen LogP contribution in [0.4, 0.5) is 10.5 Å². The number of carboxylic acid groups (broad SMARTS) is 1. The summed E-state index contributed by atoms with van der Waals surface area (Å²) in [5.41, 5.74) is 4.32. The first kappa shape index (κ1) is 18.3. The van der Waals surface area contributed by atoms with Gasteiger partial charge in [0.05, 0.1) is 4.88 Å². The SMILES string of the molecule is CN(C(=O)O)C1CC=C(c2c[nH]c3cc(NC(=N)c4cccs4)ccc23)CC1. The highest BCUT2D eigenvalue weighted by Gasteiger charge is 2.23. The zero-order chi connectivity index (χ0) is 19.7. The fraction of sp³-hybridized carbons (Fsp3) is 0.238. The number of amidine groups is 1. The molecular formula is C21H22N4O2S. The number of rotatable bonds is 4. The molecule has 1 amide bonds. The second-order valence-corrected chi connectivity index (χ2v) is 7.94. The molecule has 144 valence electrons. The summed E-state index contributed by atoms with van der Waals surface area (Å²) in [5, 5.41) is 23.6. The largest absolute Gasteiger partial charge is 0.465 e. The maximum absolute atomic E-state index is 11.1. The first-order valence-corrected chi connectivity index (χ1v) is 10.1. The molecule has 2 heterocycles. The van der Waals surface area contributed by atoms with Crippen molar-refractivity contribution in [3.05, 3.63) is 58.4 Å². The van der Waals surface area contributed by atoms with Gasteiger partial charge in [0.1, 0.15) is 5.84 Å². The van der Waals surface area contributed by atoms with E-state index in [1.807, 2.05) is 35.8 Å². The van der Waals surface area contributed by atoms with Crippen LogP contribution in [0.3, 0.4) is 0 Å². The molecule has 4 rings (SSSR count). The van der Waals surface area contributed by atoms with Gasteiger partial charge in [0.25, 0.3) is 0 Å². The van der Waals surface area contributed by atoms with Gasteiger partial charge in [-0.1, -0.05) is 18.2 Å². The molecule has 1 aromatic carbocycles. The van der Waals surface area contributed by atoms with Crippen molar-refractivity contribution in [1.29, 1.82) is 5.41 Å². The molecule has 0 radical (unpaired) electrons. The number of aromatic amines is 1.